The smallest absolute Gasteiger partial charge is 0.231 e. The molecule has 1 heterocycles. The van der Waals surface area contributed by atoms with E-state index in [4.69, 9.17) is 4.74 Å². The maximum absolute atomic E-state index is 12.1. The van der Waals surface area contributed by atoms with Gasteiger partial charge in [-0.2, -0.15) is 0 Å². The molecule has 1 aliphatic heterocycles. The molecule has 2 rings (SSSR count). The molecule has 0 saturated carbocycles. The normalized spacial score (nSPS) is 21.6. The van der Waals surface area contributed by atoms with Crippen molar-refractivity contribution in [2.24, 2.45) is 5.92 Å². The van der Waals surface area contributed by atoms with Crippen LogP contribution in [0.1, 0.15) is 31.4 Å². The summed E-state index contributed by atoms with van der Waals surface area (Å²) in [5.74, 6) is -0.171. The maximum Gasteiger partial charge on any atom is 0.231 e. The molecule has 0 aliphatic carbocycles. The number of nitrogens with one attached hydrogen (secondary N) is 1. The Labute approximate surface area is 108 Å². The molecule has 0 aromatic heterocycles. The Balaban J connectivity index is 1.99. The quantitative estimate of drug-likeness (QED) is 0.810. The molecule has 1 aliphatic rings. The Bertz CT molecular complexity index is 414. The van der Waals surface area contributed by atoms with Gasteiger partial charge < -0.3 is 10.1 Å². The van der Waals surface area contributed by atoms with Gasteiger partial charge in [-0.3, -0.25) is 4.79 Å². The second kappa shape index (κ2) is 6.24. The van der Waals surface area contributed by atoms with Gasteiger partial charge in [0.2, 0.25) is 5.91 Å². The highest BCUT2D eigenvalue weighted by molar-refractivity contribution is 5.81. The topological polar surface area (TPSA) is 38.3 Å². The lowest BCUT2D eigenvalue weighted by molar-refractivity contribution is -0.125. The lowest BCUT2D eigenvalue weighted by atomic mass is 9.96. The lowest BCUT2D eigenvalue weighted by Gasteiger charge is -2.18. The maximum atomic E-state index is 12.1. The van der Waals surface area contributed by atoms with Crippen LogP contribution in [0.2, 0.25) is 0 Å². The van der Waals surface area contributed by atoms with Gasteiger partial charge in [-0.1, -0.05) is 43.7 Å². The number of hydrogen-bond acceptors (Lipinski definition) is 2. The molecular weight excluding hydrogens is 226 g/mol. The zero-order chi connectivity index (χ0) is 12.8. The molecule has 0 saturated heterocycles. The molecule has 3 nitrogen and oxygen atoms in total. The number of carbonyl (C=O) groups is 1. The molecule has 1 N–H and O–H groups in total. The summed E-state index contributed by atoms with van der Waals surface area (Å²) in [7, 11) is 0. The van der Waals surface area contributed by atoms with Crippen molar-refractivity contribution < 1.29 is 9.53 Å². The molecular formula is C15H19NO2. The van der Waals surface area contributed by atoms with Crippen molar-refractivity contribution in [3.8, 4) is 0 Å². The van der Waals surface area contributed by atoms with E-state index in [1.807, 2.05) is 36.4 Å². The minimum absolute atomic E-state index is 0.0473. The summed E-state index contributed by atoms with van der Waals surface area (Å²) in [6, 6.07) is 9.86. The highest BCUT2D eigenvalue weighted by Crippen LogP contribution is 2.32. The van der Waals surface area contributed by atoms with E-state index in [1.54, 1.807) is 6.26 Å². The highest BCUT2D eigenvalue weighted by atomic mass is 16.5. The van der Waals surface area contributed by atoms with Gasteiger partial charge in [0, 0.05) is 6.54 Å². The molecule has 96 valence electrons. The first kappa shape index (κ1) is 12.7. The SMILES string of the molecule is CCCCNC(=O)[C@H]1C=CO[C@H]1c1ccccc1. The van der Waals surface area contributed by atoms with Gasteiger partial charge in [-0.15, -0.1) is 0 Å². The predicted octanol–water partition coefficient (Wildman–Crippen LogP) is 2.80. The minimum atomic E-state index is -0.218. The average Bonchev–Trinajstić information content (AvgIpc) is 2.89. The van der Waals surface area contributed by atoms with Crippen molar-refractivity contribution in [1.29, 1.82) is 0 Å². The molecule has 1 aromatic rings. The number of rotatable bonds is 5. The molecule has 0 radical (unpaired) electrons. The first-order chi connectivity index (χ1) is 8.83. The number of benzene rings is 1. The van der Waals surface area contributed by atoms with Crippen LogP contribution in [0, 0.1) is 5.92 Å². The fourth-order valence-electron chi connectivity index (χ4n) is 2.06. The summed E-state index contributed by atoms with van der Waals surface area (Å²) in [5, 5.41) is 2.96. The summed E-state index contributed by atoms with van der Waals surface area (Å²) >= 11 is 0. The Kier molecular flexibility index (Phi) is 4.40. The number of ether oxygens (including phenoxy) is 1. The predicted molar refractivity (Wildman–Crippen MR) is 70.8 cm³/mol. The Morgan fingerprint density at radius 1 is 1.33 bits per heavy atom. The van der Waals surface area contributed by atoms with E-state index in [-0.39, 0.29) is 17.9 Å². The number of amides is 1. The van der Waals surface area contributed by atoms with Crippen molar-refractivity contribution in [3.63, 3.8) is 0 Å². The van der Waals surface area contributed by atoms with Crippen LogP contribution in [-0.4, -0.2) is 12.5 Å². The van der Waals surface area contributed by atoms with Gasteiger partial charge in [0.25, 0.3) is 0 Å². The van der Waals surface area contributed by atoms with Gasteiger partial charge in [0.15, 0.2) is 0 Å². The van der Waals surface area contributed by atoms with Crippen molar-refractivity contribution >= 4 is 5.91 Å². The van der Waals surface area contributed by atoms with E-state index in [2.05, 4.69) is 12.2 Å². The largest absolute Gasteiger partial charge is 0.492 e. The van der Waals surface area contributed by atoms with E-state index in [0.717, 1.165) is 24.9 Å². The van der Waals surface area contributed by atoms with Crippen molar-refractivity contribution in [3.05, 3.63) is 48.2 Å². The Morgan fingerprint density at radius 3 is 2.83 bits per heavy atom. The van der Waals surface area contributed by atoms with E-state index in [9.17, 15) is 4.79 Å². The van der Waals surface area contributed by atoms with E-state index in [0.29, 0.717) is 0 Å². The summed E-state index contributed by atoms with van der Waals surface area (Å²) in [5.41, 5.74) is 1.04. The van der Waals surface area contributed by atoms with Crippen molar-refractivity contribution in [2.75, 3.05) is 6.54 Å². The van der Waals surface area contributed by atoms with Gasteiger partial charge in [-0.25, -0.2) is 0 Å². The minimum Gasteiger partial charge on any atom is -0.492 e. The third-order valence-electron chi connectivity index (χ3n) is 3.10. The van der Waals surface area contributed by atoms with Gasteiger partial charge >= 0.3 is 0 Å². The van der Waals surface area contributed by atoms with Crippen molar-refractivity contribution in [2.45, 2.75) is 25.9 Å². The highest BCUT2D eigenvalue weighted by Gasteiger charge is 2.31. The number of hydrogen-bond donors (Lipinski definition) is 1. The zero-order valence-corrected chi connectivity index (χ0v) is 10.6. The Morgan fingerprint density at radius 2 is 2.11 bits per heavy atom. The van der Waals surface area contributed by atoms with Crippen LogP contribution in [0.3, 0.4) is 0 Å². The second-order valence-corrected chi connectivity index (χ2v) is 4.47. The fraction of sp³-hybridized carbons (Fsp3) is 0.400. The fourth-order valence-corrected chi connectivity index (χ4v) is 2.06. The number of carbonyl (C=O) groups excluding carboxylic acids is 1. The summed E-state index contributed by atoms with van der Waals surface area (Å²) < 4.78 is 5.54. The van der Waals surface area contributed by atoms with Crippen LogP contribution in [-0.2, 0) is 9.53 Å². The monoisotopic (exact) mass is 245 g/mol. The molecule has 1 amide bonds. The summed E-state index contributed by atoms with van der Waals surface area (Å²) in [4.78, 5) is 12.1. The van der Waals surface area contributed by atoms with Gasteiger partial charge in [0.1, 0.15) is 12.0 Å². The standard InChI is InChI=1S/C15H19NO2/c1-2-3-10-16-15(17)13-9-11-18-14(13)12-7-5-4-6-8-12/h4-9,11,13-14H,2-3,10H2,1H3,(H,16,17)/t13-,14-/m0/s1. The zero-order valence-electron chi connectivity index (χ0n) is 10.6. The van der Waals surface area contributed by atoms with E-state index >= 15 is 0 Å². The molecule has 0 fully saturated rings. The van der Waals surface area contributed by atoms with Crippen LogP contribution in [0.25, 0.3) is 0 Å². The average molecular weight is 245 g/mol. The summed E-state index contributed by atoms with van der Waals surface area (Å²) in [6.45, 7) is 2.85. The summed E-state index contributed by atoms with van der Waals surface area (Å²) in [6.07, 6.45) is 5.37. The molecule has 0 bridgehead atoms. The van der Waals surface area contributed by atoms with Crippen LogP contribution in [0.5, 0.6) is 0 Å². The molecule has 0 unspecified atom stereocenters. The lowest BCUT2D eigenvalue weighted by Crippen LogP contribution is -2.32. The molecule has 18 heavy (non-hydrogen) atoms. The molecule has 0 spiro atoms. The van der Waals surface area contributed by atoms with Crippen LogP contribution in [0.4, 0.5) is 0 Å². The van der Waals surface area contributed by atoms with E-state index < -0.39 is 0 Å². The second-order valence-electron chi connectivity index (χ2n) is 4.47. The molecule has 1 aromatic carbocycles. The van der Waals surface area contributed by atoms with Crippen LogP contribution >= 0.6 is 0 Å². The third-order valence-corrected chi connectivity index (χ3v) is 3.10. The molecule has 3 heteroatoms. The first-order valence-corrected chi connectivity index (χ1v) is 6.47. The number of unbranched alkanes of at least 4 members (excludes halogenated alkanes) is 1. The van der Waals surface area contributed by atoms with Crippen LogP contribution in [0.15, 0.2) is 42.7 Å². The first-order valence-electron chi connectivity index (χ1n) is 6.47. The van der Waals surface area contributed by atoms with Crippen LogP contribution < -0.4 is 5.32 Å². The Hall–Kier alpha value is -1.77. The van der Waals surface area contributed by atoms with Gasteiger partial charge in [0.05, 0.1) is 6.26 Å². The van der Waals surface area contributed by atoms with E-state index in [1.165, 1.54) is 0 Å². The third kappa shape index (κ3) is 2.92. The molecule has 2 atom stereocenters. The van der Waals surface area contributed by atoms with Crippen molar-refractivity contribution in [1.82, 2.24) is 5.32 Å². The van der Waals surface area contributed by atoms with Gasteiger partial charge in [-0.05, 0) is 18.1 Å².